The van der Waals surface area contributed by atoms with Crippen molar-refractivity contribution >= 4 is 16.8 Å². The Bertz CT molecular complexity index is 608. The van der Waals surface area contributed by atoms with E-state index in [4.69, 9.17) is 0 Å². The lowest BCUT2D eigenvalue weighted by Crippen LogP contribution is -2.28. The third-order valence-electron chi connectivity index (χ3n) is 3.00. The number of benzene rings is 2. The van der Waals surface area contributed by atoms with Crippen LogP contribution in [0.25, 0.3) is 0 Å². The first-order valence-corrected chi connectivity index (χ1v) is 7.53. The molecule has 2 aromatic carbocycles. The van der Waals surface area contributed by atoms with Crippen LogP contribution in [0.2, 0.25) is 0 Å². The number of aryl methyl sites for hydroxylation is 1. The number of nitrogens with one attached hydrogen (secondary N) is 1. The average Bonchev–Trinajstić information content (AvgIpc) is 2.46. The van der Waals surface area contributed by atoms with E-state index in [0.29, 0.717) is 4.90 Å². The third-order valence-corrected chi connectivity index (χ3v) is 4.15. The van der Waals surface area contributed by atoms with Gasteiger partial charge in [-0.25, -0.2) is 8.93 Å². The van der Waals surface area contributed by atoms with E-state index in [9.17, 15) is 9.00 Å². The highest BCUT2D eigenvalue weighted by Crippen LogP contribution is 2.16. The van der Waals surface area contributed by atoms with Gasteiger partial charge in [0.15, 0.2) is 5.78 Å². The quantitative estimate of drug-likeness (QED) is 0.919. The van der Waals surface area contributed by atoms with Crippen molar-refractivity contribution in [1.82, 2.24) is 4.72 Å². The molecule has 2 atom stereocenters. The van der Waals surface area contributed by atoms with Crippen LogP contribution < -0.4 is 4.72 Å². The molecule has 2 aromatic rings. The van der Waals surface area contributed by atoms with E-state index in [0.717, 1.165) is 11.1 Å². The van der Waals surface area contributed by atoms with E-state index in [1.165, 1.54) is 6.92 Å². The van der Waals surface area contributed by atoms with Crippen LogP contribution in [0.3, 0.4) is 0 Å². The molecule has 0 heterocycles. The van der Waals surface area contributed by atoms with Crippen LogP contribution in [-0.2, 0) is 15.8 Å². The van der Waals surface area contributed by atoms with Crippen LogP contribution in [0.4, 0.5) is 0 Å². The van der Waals surface area contributed by atoms with E-state index in [1.807, 2.05) is 49.4 Å². The molecule has 2 rings (SSSR count). The lowest BCUT2D eigenvalue weighted by Gasteiger charge is -2.15. The molecule has 0 amide bonds. The lowest BCUT2D eigenvalue weighted by molar-refractivity contribution is -0.118. The van der Waals surface area contributed by atoms with Gasteiger partial charge in [0.1, 0.15) is 17.0 Å². The van der Waals surface area contributed by atoms with Gasteiger partial charge in [-0.1, -0.05) is 48.0 Å². The SMILES string of the molecule is CC(=O)[C@@H](NS(=O)c1ccc(C)cc1)c1ccccc1. The van der Waals surface area contributed by atoms with E-state index >= 15 is 0 Å². The fourth-order valence-electron chi connectivity index (χ4n) is 1.87. The zero-order valence-electron chi connectivity index (χ0n) is 11.5. The van der Waals surface area contributed by atoms with Gasteiger partial charge in [-0.2, -0.15) is 0 Å². The molecule has 0 fully saturated rings. The summed E-state index contributed by atoms with van der Waals surface area (Å²) in [6.45, 7) is 3.47. The smallest absolute Gasteiger partial charge is 0.152 e. The third kappa shape index (κ3) is 3.62. The van der Waals surface area contributed by atoms with Gasteiger partial charge < -0.3 is 0 Å². The van der Waals surface area contributed by atoms with Crippen molar-refractivity contribution in [3.63, 3.8) is 0 Å². The number of ketones is 1. The van der Waals surface area contributed by atoms with Crippen LogP contribution in [0.15, 0.2) is 59.5 Å². The van der Waals surface area contributed by atoms with Gasteiger partial charge >= 0.3 is 0 Å². The molecule has 20 heavy (non-hydrogen) atoms. The molecule has 0 saturated heterocycles. The second-order valence-corrected chi connectivity index (χ2v) is 5.90. The van der Waals surface area contributed by atoms with Crippen molar-refractivity contribution in [2.75, 3.05) is 0 Å². The van der Waals surface area contributed by atoms with E-state index in [1.54, 1.807) is 12.1 Å². The molecule has 0 spiro atoms. The molecule has 0 aliphatic heterocycles. The summed E-state index contributed by atoms with van der Waals surface area (Å²) >= 11 is 0. The van der Waals surface area contributed by atoms with Crippen molar-refractivity contribution in [3.8, 4) is 0 Å². The predicted octanol–water partition coefficient (Wildman–Crippen LogP) is 2.94. The van der Waals surface area contributed by atoms with Crippen LogP contribution in [-0.4, -0.2) is 9.99 Å². The molecule has 0 aliphatic carbocycles. The number of rotatable bonds is 5. The zero-order chi connectivity index (χ0) is 14.5. The van der Waals surface area contributed by atoms with Gasteiger partial charge in [0.05, 0.1) is 4.90 Å². The summed E-state index contributed by atoms with van der Waals surface area (Å²) in [6.07, 6.45) is 0. The maximum absolute atomic E-state index is 12.3. The van der Waals surface area contributed by atoms with Crippen LogP contribution >= 0.6 is 0 Å². The van der Waals surface area contributed by atoms with E-state index < -0.39 is 17.0 Å². The standard InChI is InChI=1S/C16H17NO2S/c1-12-8-10-15(11-9-12)20(19)17-16(13(2)18)14-6-4-3-5-7-14/h3-11,16-17H,1-2H3/t16-,20?/m1/s1. The van der Waals surface area contributed by atoms with Crippen molar-refractivity contribution in [1.29, 1.82) is 0 Å². The highest BCUT2D eigenvalue weighted by Gasteiger charge is 2.19. The highest BCUT2D eigenvalue weighted by atomic mass is 32.2. The van der Waals surface area contributed by atoms with Crippen LogP contribution in [0.5, 0.6) is 0 Å². The minimum Gasteiger partial charge on any atom is -0.298 e. The number of carbonyl (C=O) groups is 1. The van der Waals surface area contributed by atoms with Crippen molar-refractivity contribution in [2.45, 2.75) is 24.8 Å². The van der Waals surface area contributed by atoms with Gasteiger partial charge in [-0.3, -0.25) is 4.79 Å². The molecule has 1 unspecified atom stereocenters. The first-order valence-electron chi connectivity index (χ1n) is 6.38. The highest BCUT2D eigenvalue weighted by molar-refractivity contribution is 7.83. The van der Waals surface area contributed by atoms with Crippen LogP contribution in [0.1, 0.15) is 24.1 Å². The van der Waals surface area contributed by atoms with Crippen LogP contribution in [0, 0.1) is 6.92 Å². The summed E-state index contributed by atoms with van der Waals surface area (Å²) in [5.74, 6) is -0.0586. The summed E-state index contributed by atoms with van der Waals surface area (Å²) in [6, 6.07) is 16.2. The fraction of sp³-hybridized carbons (Fsp3) is 0.188. The summed E-state index contributed by atoms with van der Waals surface area (Å²) in [7, 11) is -1.41. The molecule has 0 bridgehead atoms. The second-order valence-electron chi connectivity index (χ2n) is 4.65. The average molecular weight is 287 g/mol. The Kier molecular flexibility index (Phi) is 4.82. The molecule has 1 N–H and O–H groups in total. The first-order chi connectivity index (χ1) is 9.58. The Labute approximate surface area is 121 Å². The van der Waals surface area contributed by atoms with Crippen molar-refractivity contribution < 1.29 is 9.00 Å². The van der Waals surface area contributed by atoms with Crippen molar-refractivity contribution in [3.05, 3.63) is 65.7 Å². The monoisotopic (exact) mass is 287 g/mol. The lowest BCUT2D eigenvalue weighted by atomic mass is 10.1. The Morgan fingerprint density at radius 3 is 2.20 bits per heavy atom. The molecular formula is C16H17NO2S. The van der Waals surface area contributed by atoms with Gasteiger partial charge in [0, 0.05) is 0 Å². The molecular weight excluding hydrogens is 270 g/mol. The molecule has 3 nitrogen and oxygen atoms in total. The zero-order valence-corrected chi connectivity index (χ0v) is 12.3. The Morgan fingerprint density at radius 2 is 1.65 bits per heavy atom. The minimum absolute atomic E-state index is 0.0586. The predicted molar refractivity (Wildman–Crippen MR) is 80.6 cm³/mol. The number of hydrogen-bond acceptors (Lipinski definition) is 2. The molecule has 0 radical (unpaired) electrons. The Balaban J connectivity index is 2.19. The topological polar surface area (TPSA) is 46.2 Å². The second kappa shape index (κ2) is 6.59. The van der Waals surface area contributed by atoms with E-state index in [2.05, 4.69) is 4.72 Å². The molecule has 0 saturated carbocycles. The summed E-state index contributed by atoms with van der Waals surface area (Å²) in [5.41, 5.74) is 1.93. The molecule has 4 heteroatoms. The molecule has 0 aliphatic rings. The minimum atomic E-state index is -1.41. The first kappa shape index (κ1) is 14.6. The summed E-state index contributed by atoms with van der Waals surface area (Å²) in [5, 5.41) is 0. The largest absolute Gasteiger partial charge is 0.298 e. The van der Waals surface area contributed by atoms with Gasteiger partial charge in [0.2, 0.25) is 0 Å². The van der Waals surface area contributed by atoms with E-state index in [-0.39, 0.29) is 5.78 Å². The maximum Gasteiger partial charge on any atom is 0.152 e. The number of hydrogen-bond donors (Lipinski definition) is 1. The molecule has 104 valence electrons. The fourth-order valence-corrected chi connectivity index (χ4v) is 2.90. The number of Topliss-reactive ketones (excluding diaryl/α,β-unsaturated/α-hetero) is 1. The number of carbonyl (C=O) groups excluding carboxylic acids is 1. The van der Waals surface area contributed by atoms with Gasteiger partial charge in [-0.05, 0) is 31.5 Å². The van der Waals surface area contributed by atoms with Gasteiger partial charge in [0.25, 0.3) is 0 Å². The summed E-state index contributed by atoms with van der Waals surface area (Å²) < 4.78 is 15.2. The Morgan fingerprint density at radius 1 is 1.05 bits per heavy atom. The summed E-state index contributed by atoms with van der Waals surface area (Å²) in [4.78, 5) is 12.4. The normalized spacial score (nSPS) is 13.7. The Hall–Kier alpha value is -1.78. The molecule has 0 aromatic heterocycles. The van der Waals surface area contributed by atoms with Crippen molar-refractivity contribution in [2.24, 2.45) is 0 Å². The van der Waals surface area contributed by atoms with Gasteiger partial charge in [-0.15, -0.1) is 0 Å². The maximum atomic E-state index is 12.3.